The van der Waals surface area contributed by atoms with E-state index in [1.165, 1.54) is 0 Å². The molecule has 0 amide bonds. The molecule has 66 valence electrons. The summed E-state index contributed by atoms with van der Waals surface area (Å²) in [6.45, 7) is 1.73. The first-order chi connectivity index (χ1) is 5.75. The lowest BCUT2D eigenvalue weighted by molar-refractivity contribution is 0.0773. The van der Waals surface area contributed by atoms with E-state index in [0.29, 0.717) is 11.9 Å². The van der Waals surface area contributed by atoms with Gasteiger partial charge in [0.1, 0.15) is 0 Å². The number of aliphatic hydroxyl groups excluding tert-OH is 1. The van der Waals surface area contributed by atoms with Crippen molar-refractivity contribution in [3.05, 3.63) is 5.89 Å². The highest BCUT2D eigenvalue weighted by Gasteiger charge is 2.29. The van der Waals surface area contributed by atoms with Gasteiger partial charge in [0.05, 0.1) is 12.1 Å². The van der Waals surface area contributed by atoms with Crippen LogP contribution in [0.1, 0.15) is 18.7 Å². The quantitative estimate of drug-likeness (QED) is 0.666. The van der Waals surface area contributed by atoms with Crippen LogP contribution in [0.3, 0.4) is 0 Å². The van der Waals surface area contributed by atoms with Gasteiger partial charge < -0.3 is 14.8 Å². The van der Waals surface area contributed by atoms with Gasteiger partial charge in [0.2, 0.25) is 5.89 Å². The van der Waals surface area contributed by atoms with E-state index < -0.39 is 0 Å². The Kier molecular flexibility index (Phi) is 1.73. The Morgan fingerprint density at radius 1 is 1.50 bits per heavy atom. The van der Waals surface area contributed by atoms with Crippen LogP contribution >= 0.6 is 0 Å². The van der Waals surface area contributed by atoms with Gasteiger partial charge in [0, 0.05) is 6.92 Å². The van der Waals surface area contributed by atoms with E-state index >= 15 is 0 Å². The van der Waals surface area contributed by atoms with Crippen molar-refractivity contribution in [2.75, 3.05) is 5.32 Å². The van der Waals surface area contributed by atoms with Crippen LogP contribution in [-0.4, -0.2) is 27.4 Å². The summed E-state index contributed by atoms with van der Waals surface area (Å²) >= 11 is 0. The minimum Gasteiger partial charge on any atom is -0.408 e. The minimum absolute atomic E-state index is 0.0878. The minimum atomic E-state index is -0.266. The van der Waals surface area contributed by atoms with Crippen LogP contribution < -0.4 is 5.32 Å². The Morgan fingerprint density at radius 2 is 2.33 bits per heavy atom. The van der Waals surface area contributed by atoms with Crippen molar-refractivity contribution in [2.45, 2.75) is 31.9 Å². The third-order valence-electron chi connectivity index (χ3n) is 2.07. The number of hydrogen-bond acceptors (Lipinski definition) is 5. The molecule has 0 aliphatic heterocycles. The number of nitrogens with one attached hydrogen (secondary N) is 1. The predicted octanol–water partition coefficient (Wildman–Crippen LogP) is 0.313. The molecule has 1 aromatic rings. The van der Waals surface area contributed by atoms with Crippen LogP contribution in [0.15, 0.2) is 4.42 Å². The first kappa shape index (κ1) is 7.54. The van der Waals surface area contributed by atoms with Crippen LogP contribution in [0.4, 0.5) is 6.01 Å². The third kappa shape index (κ3) is 1.27. The number of anilines is 1. The average molecular weight is 169 g/mol. The molecule has 1 aliphatic carbocycles. The highest BCUT2D eigenvalue weighted by molar-refractivity contribution is 5.22. The summed E-state index contributed by atoms with van der Waals surface area (Å²) in [5, 5.41) is 19.6. The summed E-state index contributed by atoms with van der Waals surface area (Å²) < 4.78 is 5.09. The van der Waals surface area contributed by atoms with Gasteiger partial charge in [-0.1, -0.05) is 5.10 Å². The lowest BCUT2D eigenvalue weighted by atomic mass is 9.89. The molecule has 12 heavy (non-hydrogen) atoms. The fraction of sp³-hybridized carbons (Fsp3) is 0.714. The molecule has 5 heteroatoms. The smallest absolute Gasteiger partial charge is 0.315 e. The molecule has 0 unspecified atom stereocenters. The summed E-state index contributed by atoms with van der Waals surface area (Å²) in [5.41, 5.74) is 0. The second-order valence-electron chi connectivity index (χ2n) is 3.02. The van der Waals surface area contributed by atoms with Crippen molar-refractivity contribution >= 4 is 6.01 Å². The molecule has 1 aromatic heterocycles. The van der Waals surface area contributed by atoms with Gasteiger partial charge in [-0.05, 0) is 12.8 Å². The Labute approximate surface area is 69.8 Å². The lowest BCUT2D eigenvalue weighted by Crippen LogP contribution is -2.42. The molecule has 1 saturated carbocycles. The summed E-state index contributed by atoms with van der Waals surface area (Å²) in [5.74, 6) is 0.534. The zero-order chi connectivity index (χ0) is 8.55. The molecule has 0 bridgehead atoms. The Hall–Kier alpha value is -1.10. The topological polar surface area (TPSA) is 71.2 Å². The Bertz CT molecular complexity index is 273. The fourth-order valence-electron chi connectivity index (χ4n) is 1.16. The van der Waals surface area contributed by atoms with Gasteiger partial charge in [0.25, 0.3) is 0 Å². The lowest BCUT2D eigenvalue weighted by Gasteiger charge is -2.31. The molecule has 1 aliphatic rings. The Morgan fingerprint density at radius 3 is 2.75 bits per heavy atom. The van der Waals surface area contributed by atoms with E-state index in [0.717, 1.165) is 12.8 Å². The molecular weight excluding hydrogens is 158 g/mol. The highest BCUT2D eigenvalue weighted by Crippen LogP contribution is 2.23. The maximum atomic E-state index is 9.22. The number of aryl methyl sites for hydroxylation is 1. The summed E-state index contributed by atoms with van der Waals surface area (Å²) in [6, 6.07) is 0.487. The predicted molar refractivity (Wildman–Crippen MR) is 41.7 cm³/mol. The molecule has 2 atom stereocenters. The number of hydrogen-bond donors (Lipinski definition) is 2. The second-order valence-corrected chi connectivity index (χ2v) is 3.02. The van der Waals surface area contributed by atoms with Crippen LogP contribution in [-0.2, 0) is 0 Å². The maximum Gasteiger partial charge on any atom is 0.315 e. The highest BCUT2D eigenvalue weighted by atomic mass is 16.4. The van der Waals surface area contributed by atoms with E-state index in [1.54, 1.807) is 6.92 Å². The van der Waals surface area contributed by atoms with Crippen molar-refractivity contribution < 1.29 is 9.52 Å². The number of aliphatic hydroxyl groups is 1. The molecule has 0 aromatic carbocycles. The molecule has 0 spiro atoms. The third-order valence-corrected chi connectivity index (χ3v) is 2.07. The van der Waals surface area contributed by atoms with E-state index in [2.05, 4.69) is 15.5 Å². The number of aromatic nitrogens is 2. The fourth-order valence-corrected chi connectivity index (χ4v) is 1.16. The van der Waals surface area contributed by atoms with Gasteiger partial charge in [-0.3, -0.25) is 0 Å². The molecule has 0 saturated heterocycles. The molecule has 2 rings (SSSR count). The molecule has 0 radical (unpaired) electrons. The second kappa shape index (κ2) is 2.75. The molecule has 1 heterocycles. The summed E-state index contributed by atoms with van der Waals surface area (Å²) in [7, 11) is 0. The van der Waals surface area contributed by atoms with Gasteiger partial charge in [-0.2, -0.15) is 0 Å². The standard InChI is InChI=1S/C7H11N3O2/c1-4-9-10-7(12-4)8-5-2-3-6(5)11/h5-6,11H,2-3H2,1H3,(H,8,10)/t5-,6-/m1/s1. The van der Waals surface area contributed by atoms with E-state index in [-0.39, 0.29) is 12.1 Å². The van der Waals surface area contributed by atoms with Crippen molar-refractivity contribution in [3.63, 3.8) is 0 Å². The van der Waals surface area contributed by atoms with Gasteiger partial charge in [-0.15, -0.1) is 5.10 Å². The SMILES string of the molecule is Cc1nnc(N[C@@H]2CC[C@H]2O)o1. The molecular formula is C7H11N3O2. The van der Waals surface area contributed by atoms with Gasteiger partial charge in [-0.25, -0.2) is 0 Å². The van der Waals surface area contributed by atoms with Crippen molar-refractivity contribution in [1.82, 2.24) is 10.2 Å². The number of nitrogens with zero attached hydrogens (tertiary/aromatic N) is 2. The van der Waals surface area contributed by atoms with Crippen LogP contribution in [0.2, 0.25) is 0 Å². The summed E-state index contributed by atoms with van der Waals surface area (Å²) in [6.07, 6.45) is 1.55. The molecule has 2 N–H and O–H groups in total. The first-order valence-corrected chi connectivity index (χ1v) is 4.00. The summed E-state index contributed by atoms with van der Waals surface area (Å²) in [4.78, 5) is 0. The largest absolute Gasteiger partial charge is 0.408 e. The zero-order valence-corrected chi connectivity index (χ0v) is 6.82. The first-order valence-electron chi connectivity index (χ1n) is 4.00. The van der Waals surface area contributed by atoms with Gasteiger partial charge in [0.15, 0.2) is 0 Å². The van der Waals surface area contributed by atoms with Crippen molar-refractivity contribution in [3.8, 4) is 0 Å². The number of rotatable bonds is 2. The van der Waals surface area contributed by atoms with E-state index in [9.17, 15) is 5.11 Å². The van der Waals surface area contributed by atoms with E-state index in [4.69, 9.17) is 4.42 Å². The zero-order valence-electron chi connectivity index (χ0n) is 6.82. The van der Waals surface area contributed by atoms with Crippen LogP contribution in [0.5, 0.6) is 0 Å². The Balaban J connectivity index is 1.95. The van der Waals surface area contributed by atoms with E-state index in [1.807, 2.05) is 0 Å². The molecule has 5 nitrogen and oxygen atoms in total. The monoisotopic (exact) mass is 169 g/mol. The van der Waals surface area contributed by atoms with Crippen LogP contribution in [0.25, 0.3) is 0 Å². The normalized spacial score (nSPS) is 28.2. The molecule has 1 fully saturated rings. The van der Waals surface area contributed by atoms with Crippen molar-refractivity contribution in [1.29, 1.82) is 0 Å². The van der Waals surface area contributed by atoms with Crippen molar-refractivity contribution in [2.24, 2.45) is 0 Å². The maximum absolute atomic E-state index is 9.22. The van der Waals surface area contributed by atoms with Crippen LogP contribution in [0, 0.1) is 6.92 Å². The van der Waals surface area contributed by atoms with Gasteiger partial charge >= 0.3 is 6.01 Å². The average Bonchev–Trinajstić information content (AvgIpc) is 2.44.